The number of ether oxygens (including phenoxy) is 1. The molecule has 156 valence electrons. The Labute approximate surface area is 175 Å². The maximum absolute atomic E-state index is 12.6. The fourth-order valence-corrected chi connectivity index (χ4v) is 4.93. The van der Waals surface area contributed by atoms with Crippen LogP contribution in [0.15, 0.2) is 35.3 Å². The van der Waals surface area contributed by atoms with Gasteiger partial charge in [-0.3, -0.25) is 15.0 Å². The van der Waals surface area contributed by atoms with Gasteiger partial charge in [-0.05, 0) is 12.0 Å². The number of amides is 3. The molecule has 29 heavy (non-hydrogen) atoms. The number of aliphatic imine (C=N–C) groups is 1. The van der Waals surface area contributed by atoms with Crippen molar-refractivity contribution >= 4 is 28.9 Å². The number of carbonyl (C=O) groups is 2. The van der Waals surface area contributed by atoms with Gasteiger partial charge in [-0.1, -0.05) is 42.1 Å². The largest absolute Gasteiger partial charge is 0.379 e. The molecule has 2 unspecified atom stereocenters. The van der Waals surface area contributed by atoms with Crippen molar-refractivity contribution in [1.29, 1.82) is 0 Å². The molecule has 3 heterocycles. The molecule has 1 aromatic carbocycles. The Balaban J connectivity index is 1.44. The lowest BCUT2D eigenvalue weighted by Crippen LogP contribution is -2.63. The highest BCUT2D eigenvalue weighted by molar-refractivity contribution is 8.13. The zero-order valence-electron chi connectivity index (χ0n) is 16.6. The first-order valence-electron chi connectivity index (χ1n) is 10.0. The lowest BCUT2D eigenvalue weighted by atomic mass is 10.1. The Hall–Kier alpha value is -2.10. The fraction of sp³-hybridized carbons (Fsp3) is 0.550. The molecule has 4 rings (SSSR count). The predicted octanol–water partition coefficient (Wildman–Crippen LogP) is 0.842. The molecule has 0 saturated carbocycles. The van der Waals surface area contributed by atoms with E-state index in [1.807, 2.05) is 18.2 Å². The third-order valence-electron chi connectivity index (χ3n) is 5.55. The van der Waals surface area contributed by atoms with Crippen LogP contribution in [0, 0.1) is 0 Å². The van der Waals surface area contributed by atoms with Crippen LogP contribution in [0.1, 0.15) is 5.56 Å². The van der Waals surface area contributed by atoms with E-state index in [2.05, 4.69) is 27.2 Å². The standard InChI is InChI=1S/C20H27N5O3S/c1-23-17-16(18(26)22-19(23)27)25(8-7-15-5-3-2-4-6-15)20(21-17)29-14-11-24-9-12-28-13-10-24/h2-6,16-17H,7-14H2,1H3,(H,22,26,27). The zero-order valence-corrected chi connectivity index (χ0v) is 17.4. The second-order valence-corrected chi connectivity index (χ2v) is 8.47. The summed E-state index contributed by atoms with van der Waals surface area (Å²) in [5.41, 5.74) is 1.22. The molecule has 9 heteroatoms. The second-order valence-electron chi connectivity index (χ2n) is 7.41. The van der Waals surface area contributed by atoms with Gasteiger partial charge in [0.25, 0.3) is 5.91 Å². The summed E-state index contributed by atoms with van der Waals surface area (Å²) in [6, 6.07) is 9.37. The number of fused-ring (bicyclic) bond motifs is 1. The summed E-state index contributed by atoms with van der Waals surface area (Å²) < 4.78 is 5.41. The number of nitrogens with zero attached hydrogens (tertiary/aromatic N) is 4. The maximum atomic E-state index is 12.6. The number of morpholine rings is 1. The Bertz CT molecular complexity index is 769. The predicted molar refractivity (Wildman–Crippen MR) is 113 cm³/mol. The van der Waals surface area contributed by atoms with Crippen LogP contribution >= 0.6 is 11.8 Å². The SMILES string of the molecule is CN1C(=O)NC(=O)C2C1N=C(SCCN1CCOCC1)N2CCc1ccccc1. The van der Waals surface area contributed by atoms with Gasteiger partial charge >= 0.3 is 6.03 Å². The number of amidine groups is 1. The number of rotatable bonds is 6. The summed E-state index contributed by atoms with van der Waals surface area (Å²) in [5, 5.41) is 3.31. The van der Waals surface area contributed by atoms with Crippen molar-refractivity contribution in [3.05, 3.63) is 35.9 Å². The van der Waals surface area contributed by atoms with Gasteiger partial charge in [-0.25, -0.2) is 9.79 Å². The summed E-state index contributed by atoms with van der Waals surface area (Å²) in [4.78, 5) is 35.4. The molecule has 1 N–H and O–H groups in total. The minimum atomic E-state index is -0.465. The number of hydrogen-bond donors (Lipinski definition) is 1. The van der Waals surface area contributed by atoms with Crippen LogP contribution < -0.4 is 5.32 Å². The van der Waals surface area contributed by atoms with Gasteiger partial charge in [-0.2, -0.15) is 0 Å². The highest BCUT2D eigenvalue weighted by atomic mass is 32.2. The van der Waals surface area contributed by atoms with Crippen LogP contribution in [0.2, 0.25) is 0 Å². The Morgan fingerprint density at radius 3 is 2.69 bits per heavy atom. The van der Waals surface area contributed by atoms with Gasteiger partial charge in [-0.15, -0.1) is 0 Å². The molecular formula is C20H27N5O3S. The van der Waals surface area contributed by atoms with E-state index in [9.17, 15) is 9.59 Å². The second kappa shape index (κ2) is 9.15. The number of imide groups is 1. The van der Waals surface area contributed by atoms with Crippen molar-refractivity contribution in [2.45, 2.75) is 18.6 Å². The molecule has 2 atom stereocenters. The van der Waals surface area contributed by atoms with Crippen LogP contribution in [0.4, 0.5) is 4.79 Å². The molecule has 0 bridgehead atoms. The molecule has 0 aromatic heterocycles. The lowest BCUT2D eigenvalue weighted by Gasteiger charge is -2.36. The minimum Gasteiger partial charge on any atom is -0.379 e. The van der Waals surface area contributed by atoms with Gasteiger partial charge in [0, 0.05) is 39.0 Å². The van der Waals surface area contributed by atoms with E-state index >= 15 is 0 Å². The normalized spacial score (nSPS) is 25.1. The summed E-state index contributed by atoms with van der Waals surface area (Å²) in [6.07, 6.45) is 0.357. The third kappa shape index (κ3) is 4.57. The monoisotopic (exact) mass is 417 g/mol. The molecule has 2 saturated heterocycles. The van der Waals surface area contributed by atoms with Crippen LogP contribution in [-0.2, 0) is 16.0 Å². The first-order valence-corrected chi connectivity index (χ1v) is 11.0. The van der Waals surface area contributed by atoms with Gasteiger partial charge in [0.2, 0.25) is 0 Å². The molecule has 3 aliphatic rings. The van der Waals surface area contributed by atoms with Gasteiger partial charge in [0.15, 0.2) is 17.4 Å². The number of nitrogens with one attached hydrogen (secondary N) is 1. The fourth-order valence-electron chi connectivity index (χ4n) is 3.84. The van der Waals surface area contributed by atoms with E-state index in [0.717, 1.165) is 50.2 Å². The highest BCUT2D eigenvalue weighted by Crippen LogP contribution is 2.28. The van der Waals surface area contributed by atoms with E-state index < -0.39 is 12.2 Å². The number of hydrogen-bond acceptors (Lipinski definition) is 7. The molecule has 2 fully saturated rings. The van der Waals surface area contributed by atoms with E-state index in [1.165, 1.54) is 10.5 Å². The number of benzene rings is 1. The first kappa shape index (κ1) is 20.2. The van der Waals surface area contributed by atoms with Crippen molar-refractivity contribution in [2.24, 2.45) is 4.99 Å². The van der Waals surface area contributed by atoms with E-state index in [-0.39, 0.29) is 11.9 Å². The summed E-state index contributed by atoms with van der Waals surface area (Å²) in [7, 11) is 1.69. The van der Waals surface area contributed by atoms with Gasteiger partial charge in [0.1, 0.15) is 0 Å². The summed E-state index contributed by atoms with van der Waals surface area (Å²) in [6.45, 7) is 5.11. The lowest BCUT2D eigenvalue weighted by molar-refractivity contribution is -0.127. The van der Waals surface area contributed by atoms with Crippen molar-refractivity contribution in [3.8, 4) is 0 Å². The van der Waals surface area contributed by atoms with Crippen molar-refractivity contribution in [1.82, 2.24) is 20.0 Å². The van der Waals surface area contributed by atoms with E-state index in [4.69, 9.17) is 9.73 Å². The molecule has 0 aliphatic carbocycles. The van der Waals surface area contributed by atoms with Crippen LogP contribution in [-0.4, -0.2) is 96.2 Å². The van der Waals surface area contributed by atoms with Gasteiger partial charge < -0.3 is 14.5 Å². The van der Waals surface area contributed by atoms with Crippen molar-refractivity contribution < 1.29 is 14.3 Å². The maximum Gasteiger partial charge on any atom is 0.325 e. The molecule has 1 aromatic rings. The topological polar surface area (TPSA) is 77.5 Å². The molecular weight excluding hydrogens is 390 g/mol. The first-order chi connectivity index (χ1) is 14.1. The summed E-state index contributed by atoms with van der Waals surface area (Å²) in [5.74, 6) is 0.623. The smallest absolute Gasteiger partial charge is 0.325 e. The number of urea groups is 1. The van der Waals surface area contributed by atoms with Crippen molar-refractivity contribution in [3.63, 3.8) is 0 Å². The Morgan fingerprint density at radius 1 is 1.17 bits per heavy atom. The zero-order chi connectivity index (χ0) is 20.2. The third-order valence-corrected chi connectivity index (χ3v) is 6.53. The average molecular weight is 418 g/mol. The number of carbonyl (C=O) groups excluding carboxylic acids is 2. The molecule has 0 spiro atoms. The summed E-state index contributed by atoms with van der Waals surface area (Å²) >= 11 is 1.67. The van der Waals surface area contributed by atoms with Crippen LogP contribution in [0.3, 0.4) is 0 Å². The van der Waals surface area contributed by atoms with Crippen LogP contribution in [0.25, 0.3) is 0 Å². The Kier molecular flexibility index (Phi) is 6.37. The molecule has 3 aliphatic heterocycles. The minimum absolute atomic E-state index is 0.265. The van der Waals surface area contributed by atoms with Gasteiger partial charge in [0.05, 0.1) is 13.2 Å². The van der Waals surface area contributed by atoms with E-state index in [0.29, 0.717) is 6.54 Å². The molecule has 8 nitrogen and oxygen atoms in total. The molecule has 0 radical (unpaired) electrons. The average Bonchev–Trinajstić information content (AvgIpc) is 3.11. The highest BCUT2D eigenvalue weighted by Gasteiger charge is 2.48. The Morgan fingerprint density at radius 2 is 1.93 bits per heavy atom. The van der Waals surface area contributed by atoms with E-state index in [1.54, 1.807) is 18.8 Å². The number of likely N-dealkylation sites (N-methyl/N-ethyl adjacent to an activating group) is 1. The quantitative estimate of drug-likeness (QED) is 0.739. The molecule has 3 amide bonds. The van der Waals surface area contributed by atoms with Crippen LogP contribution in [0.5, 0.6) is 0 Å². The number of thioether (sulfide) groups is 1. The van der Waals surface area contributed by atoms with Crippen molar-refractivity contribution in [2.75, 3.05) is 52.2 Å².